The number of benzene rings is 2. The Balaban J connectivity index is 1.13. The molecule has 2 heterocycles. The summed E-state index contributed by atoms with van der Waals surface area (Å²) < 4.78 is 0. The van der Waals surface area contributed by atoms with Gasteiger partial charge in [0, 0.05) is 115 Å². The molecule has 1 saturated heterocycles. The molecule has 0 spiro atoms. The second-order valence-corrected chi connectivity index (χ2v) is 21.1. The summed E-state index contributed by atoms with van der Waals surface area (Å²) in [6.07, 6.45) is 5.80. The minimum absolute atomic E-state index is 0.0249. The molecule has 472 valence electrons. The molecule has 0 radical (unpaired) electrons. The van der Waals surface area contributed by atoms with Crippen molar-refractivity contribution in [2.75, 3.05) is 98.2 Å². The number of urea groups is 1. The number of rotatable bonds is 37. The van der Waals surface area contributed by atoms with Crippen LogP contribution >= 0.6 is 0 Å². The molecule has 1 aliphatic heterocycles. The molecule has 1 fully saturated rings. The molecule has 0 saturated carbocycles. The molecule has 1 aliphatic rings. The molecule has 86 heavy (non-hydrogen) atoms. The lowest BCUT2D eigenvalue weighted by Gasteiger charge is -2.32. The Morgan fingerprint density at radius 3 is 1.52 bits per heavy atom. The topological polar surface area (TPSA) is 398 Å². The zero-order valence-electron chi connectivity index (χ0n) is 48.5. The molecule has 0 unspecified atom stereocenters. The van der Waals surface area contributed by atoms with Crippen molar-refractivity contribution < 1.29 is 83.4 Å². The van der Waals surface area contributed by atoms with Crippen molar-refractivity contribution in [3.05, 3.63) is 77.6 Å². The summed E-state index contributed by atoms with van der Waals surface area (Å²) in [6, 6.07) is 12.2. The van der Waals surface area contributed by atoms with Crippen LogP contribution in [0.5, 0.6) is 0 Å². The summed E-state index contributed by atoms with van der Waals surface area (Å²) in [6.45, 7) is 2.98. The monoisotopic (exact) mass is 1210 g/mol. The molecule has 2 atom stereocenters. The van der Waals surface area contributed by atoms with Gasteiger partial charge in [-0.2, -0.15) is 0 Å². The predicted octanol–water partition coefficient (Wildman–Crippen LogP) is 1.56. The van der Waals surface area contributed by atoms with Gasteiger partial charge in [0.1, 0.15) is 12.1 Å². The van der Waals surface area contributed by atoms with Crippen molar-refractivity contribution in [1.82, 2.24) is 56.1 Å². The molecule has 0 aliphatic carbocycles. The average Bonchev–Trinajstić information content (AvgIpc) is 3.40. The van der Waals surface area contributed by atoms with Crippen LogP contribution in [0.3, 0.4) is 0 Å². The van der Waals surface area contributed by atoms with Crippen LogP contribution in [0.25, 0.3) is 10.8 Å². The van der Waals surface area contributed by atoms with E-state index in [9.17, 15) is 78.3 Å². The fraction of sp³-hybridized carbons (Fsp3) is 0.552. The zero-order valence-corrected chi connectivity index (χ0v) is 48.5. The van der Waals surface area contributed by atoms with Crippen LogP contribution in [-0.4, -0.2) is 236 Å². The molecule has 6 amide bonds. The first-order valence-electron chi connectivity index (χ1n) is 29.0. The first-order chi connectivity index (χ1) is 41.1. The van der Waals surface area contributed by atoms with E-state index < -0.39 is 66.8 Å². The number of carboxylic acid groups (broad SMARTS) is 6. The van der Waals surface area contributed by atoms with Crippen LogP contribution in [-0.2, 0) is 56.2 Å². The fourth-order valence-electron chi connectivity index (χ4n) is 9.53. The van der Waals surface area contributed by atoms with Gasteiger partial charge in [0.2, 0.25) is 17.7 Å². The van der Waals surface area contributed by atoms with Crippen LogP contribution < -0.4 is 26.6 Å². The average molecular weight is 1210 g/mol. The minimum Gasteiger partial charge on any atom is -0.481 e. The van der Waals surface area contributed by atoms with Crippen LogP contribution in [0.15, 0.2) is 60.8 Å². The lowest BCUT2D eigenvalue weighted by Crippen LogP contribution is -2.51. The van der Waals surface area contributed by atoms with E-state index in [-0.39, 0.29) is 115 Å². The number of unbranched alkanes of at least 4 members (excludes halogenated alkanes) is 5. The Morgan fingerprint density at radius 2 is 0.977 bits per heavy atom. The summed E-state index contributed by atoms with van der Waals surface area (Å²) in [7, 11) is 0. The minimum atomic E-state index is -1.55. The van der Waals surface area contributed by atoms with E-state index in [0.29, 0.717) is 89.1 Å². The van der Waals surface area contributed by atoms with Crippen LogP contribution in [0.1, 0.15) is 105 Å². The van der Waals surface area contributed by atoms with Crippen molar-refractivity contribution in [2.24, 2.45) is 0 Å². The Bertz CT molecular complexity index is 2700. The number of carbonyl (C=O) groups is 11. The van der Waals surface area contributed by atoms with Gasteiger partial charge in [0.25, 0.3) is 5.91 Å². The van der Waals surface area contributed by atoms with E-state index in [1.54, 1.807) is 50.1 Å². The molecule has 11 N–H and O–H groups in total. The van der Waals surface area contributed by atoms with Gasteiger partial charge in [-0.1, -0.05) is 49.2 Å². The number of carboxylic acids is 6. The van der Waals surface area contributed by atoms with Crippen molar-refractivity contribution >= 4 is 76.2 Å². The van der Waals surface area contributed by atoms with E-state index in [2.05, 4.69) is 31.6 Å². The molecular formula is C58H83N11O17. The quantitative estimate of drug-likeness (QED) is 0.0365. The Morgan fingerprint density at radius 1 is 0.488 bits per heavy atom. The number of amides is 6. The number of pyridine rings is 1. The van der Waals surface area contributed by atoms with Gasteiger partial charge < -0.3 is 62.1 Å². The van der Waals surface area contributed by atoms with E-state index >= 15 is 0 Å². The van der Waals surface area contributed by atoms with Gasteiger partial charge in [0.15, 0.2) is 0 Å². The Labute approximate surface area is 498 Å². The number of fused-ring (bicyclic) bond motifs is 1. The highest BCUT2D eigenvalue weighted by Crippen LogP contribution is 2.20. The molecule has 4 rings (SSSR count). The summed E-state index contributed by atoms with van der Waals surface area (Å²) >= 11 is 0. The third kappa shape index (κ3) is 28.5. The maximum Gasteiger partial charge on any atom is 0.326 e. The normalized spacial score (nSPS) is 14.5. The number of carbonyl (C=O) groups excluding carboxylic acids is 5. The summed E-state index contributed by atoms with van der Waals surface area (Å²) in [5, 5.41) is 71.2. The molecule has 28 heteroatoms. The Hall–Kier alpha value is -8.34. The maximum absolute atomic E-state index is 14.1. The van der Waals surface area contributed by atoms with Gasteiger partial charge in [-0.15, -0.1) is 0 Å². The van der Waals surface area contributed by atoms with Gasteiger partial charge in [-0.25, -0.2) is 14.4 Å². The SMILES string of the molecule is O=C(O)CC[C@H](NC(=O)N[C@@H](CCCCN(Cc1nccc2ccccc12)C(=O)c1ccc(CNC(=O)CCCCNC(=O)CCCCCCNC(=O)CN2CCN(CC(=O)O)CCN(CC(=O)O)CCN(CC(=O)O)CC2)cc1)C(=O)O)C(=O)O. The molecule has 0 bridgehead atoms. The summed E-state index contributed by atoms with van der Waals surface area (Å²) in [5.74, 6) is -8.04. The standard InChI is InChI=1S/C58H83N11O17/c70-48(14-3-1-2-8-23-61-50(72)37-65-27-29-66(38-52(75)76)31-33-68(40-54(79)80)34-32-67(30-28-65)39-53(77)78)60-24-9-6-15-49(71)62-35-41-16-18-43(19-17-41)55(81)69(36-47-44-12-5-4-11-42(44)22-25-59-47)26-10-7-13-45(56(82)83)63-58(86)64-46(57(84)85)20-21-51(73)74/h4-5,11-12,16-19,22,25,45-46H,1-3,6-10,13-15,20-21,23-24,26-40H2,(H,60,70)(H,61,72)(H,62,71)(H,73,74)(H,75,76)(H,77,78)(H,79,80)(H,82,83)(H,84,85)(H2,63,64,86)/t45-,46-/m0/s1. The number of hydrogen-bond acceptors (Lipinski definition) is 16. The molecule has 3 aromatic rings. The second-order valence-electron chi connectivity index (χ2n) is 21.1. The van der Waals surface area contributed by atoms with E-state index in [1.807, 2.05) is 35.2 Å². The third-order valence-electron chi connectivity index (χ3n) is 14.3. The van der Waals surface area contributed by atoms with E-state index in [1.165, 1.54) is 0 Å². The van der Waals surface area contributed by atoms with Gasteiger partial charge in [-0.3, -0.25) is 62.9 Å². The van der Waals surface area contributed by atoms with Gasteiger partial charge in [-0.05, 0) is 80.5 Å². The molecule has 28 nitrogen and oxygen atoms in total. The third-order valence-corrected chi connectivity index (χ3v) is 14.3. The Kier molecular flexibility index (Phi) is 31.5. The summed E-state index contributed by atoms with van der Waals surface area (Å²) in [5.41, 5.74) is 1.75. The molecular weight excluding hydrogens is 1120 g/mol. The first kappa shape index (κ1) is 70.1. The van der Waals surface area contributed by atoms with E-state index in [4.69, 9.17) is 5.11 Å². The van der Waals surface area contributed by atoms with Crippen molar-refractivity contribution in [2.45, 2.75) is 109 Å². The van der Waals surface area contributed by atoms with Crippen molar-refractivity contribution in [3.8, 4) is 0 Å². The van der Waals surface area contributed by atoms with Crippen LogP contribution in [0, 0.1) is 0 Å². The largest absolute Gasteiger partial charge is 0.481 e. The number of hydrogen-bond donors (Lipinski definition) is 11. The first-order valence-corrected chi connectivity index (χ1v) is 29.0. The number of aromatic nitrogens is 1. The number of aliphatic carboxylic acids is 6. The lowest BCUT2D eigenvalue weighted by atomic mass is 10.1. The smallest absolute Gasteiger partial charge is 0.326 e. The zero-order chi connectivity index (χ0) is 62.8. The number of nitrogens with zero attached hydrogens (tertiary/aromatic N) is 6. The van der Waals surface area contributed by atoms with Crippen molar-refractivity contribution in [3.63, 3.8) is 0 Å². The van der Waals surface area contributed by atoms with Crippen LogP contribution in [0.4, 0.5) is 4.79 Å². The molecule has 1 aromatic heterocycles. The van der Waals surface area contributed by atoms with Crippen LogP contribution in [0.2, 0.25) is 0 Å². The predicted molar refractivity (Wildman–Crippen MR) is 312 cm³/mol. The van der Waals surface area contributed by atoms with Gasteiger partial charge >= 0.3 is 41.8 Å². The van der Waals surface area contributed by atoms with Gasteiger partial charge in [0.05, 0.1) is 38.4 Å². The highest BCUT2D eigenvalue weighted by molar-refractivity contribution is 5.95. The molecule has 2 aromatic carbocycles. The highest BCUT2D eigenvalue weighted by Gasteiger charge is 2.27. The highest BCUT2D eigenvalue weighted by atomic mass is 16.4. The van der Waals surface area contributed by atoms with E-state index in [0.717, 1.165) is 29.2 Å². The lowest BCUT2D eigenvalue weighted by molar-refractivity contribution is -0.141. The summed E-state index contributed by atoms with van der Waals surface area (Å²) in [4.78, 5) is 147. The second kappa shape index (κ2) is 38.6. The maximum atomic E-state index is 14.1. The number of nitrogens with one attached hydrogen (secondary N) is 5. The van der Waals surface area contributed by atoms with Crippen molar-refractivity contribution in [1.29, 1.82) is 0 Å². The fourth-order valence-corrected chi connectivity index (χ4v) is 9.53.